The Morgan fingerprint density at radius 2 is 1.75 bits per heavy atom. The molecule has 1 saturated carbocycles. The van der Waals surface area contributed by atoms with Gasteiger partial charge in [-0.3, -0.25) is 9.69 Å². The Morgan fingerprint density at radius 1 is 1.11 bits per heavy atom. The molecule has 1 N–H and O–H groups in total. The Morgan fingerprint density at radius 3 is 2.25 bits per heavy atom. The number of nitrogens with zero attached hydrogens (tertiary/aromatic N) is 1. The molecule has 8 heteroatoms. The second-order valence-electron chi connectivity index (χ2n) is 6.55. The van der Waals surface area contributed by atoms with Crippen LogP contribution in [0.15, 0.2) is 41.0 Å². The minimum atomic E-state index is -0.612. The standard InChI is InChI=1S/C20H22N2O6/c1-26-19(24)13-8-14(20(25)27-2)10-15(9-13)21-18(23)12-22(16-5-6-16)11-17-4-3-7-28-17/h3-4,7-10,16H,5-6,11-12H2,1-2H3,(H,21,23). The van der Waals surface area contributed by atoms with Crippen LogP contribution in [0.3, 0.4) is 0 Å². The number of hydrogen-bond acceptors (Lipinski definition) is 7. The maximum atomic E-state index is 12.6. The average Bonchev–Trinajstić information content (AvgIpc) is 3.42. The van der Waals surface area contributed by atoms with Crippen molar-refractivity contribution in [3.05, 3.63) is 53.5 Å². The smallest absolute Gasteiger partial charge is 0.337 e. The quantitative estimate of drug-likeness (QED) is 0.696. The van der Waals surface area contributed by atoms with Gasteiger partial charge in [0.1, 0.15) is 5.76 Å². The summed E-state index contributed by atoms with van der Waals surface area (Å²) in [6, 6.07) is 8.32. The lowest BCUT2D eigenvalue weighted by molar-refractivity contribution is -0.117. The highest BCUT2D eigenvalue weighted by molar-refractivity contribution is 5.99. The van der Waals surface area contributed by atoms with E-state index in [1.54, 1.807) is 6.26 Å². The number of esters is 2. The number of ether oxygens (including phenoxy) is 2. The van der Waals surface area contributed by atoms with Crippen molar-refractivity contribution in [2.24, 2.45) is 0 Å². The van der Waals surface area contributed by atoms with Gasteiger partial charge in [-0.15, -0.1) is 0 Å². The van der Waals surface area contributed by atoms with Crippen LogP contribution < -0.4 is 5.32 Å². The third-order valence-corrected chi connectivity index (χ3v) is 4.41. The van der Waals surface area contributed by atoms with Crippen LogP contribution in [0.1, 0.15) is 39.3 Å². The molecule has 0 spiro atoms. The average molecular weight is 386 g/mol. The van der Waals surface area contributed by atoms with Crippen LogP contribution >= 0.6 is 0 Å². The van der Waals surface area contributed by atoms with E-state index in [0.717, 1.165) is 18.6 Å². The maximum Gasteiger partial charge on any atom is 0.337 e. The SMILES string of the molecule is COC(=O)c1cc(NC(=O)CN(Cc2ccco2)C2CC2)cc(C(=O)OC)c1. The van der Waals surface area contributed by atoms with Crippen molar-refractivity contribution >= 4 is 23.5 Å². The van der Waals surface area contributed by atoms with Gasteiger partial charge in [-0.05, 0) is 43.2 Å². The molecule has 8 nitrogen and oxygen atoms in total. The van der Waals surface area contributed by atoms with Gasteiger partial charge in [0, 0.05) is 11.7 Å². The van der Waals surface area contributed by atoms with E-state index in [1.807, 2.05) is 17.0 Å². The fraction of sp³-hybridized carbons (Fsp3) is 0.350. The second-order valence-corrected chi connectivity index (χ2v) is 6.55. The van der Waals surface area contributed by atoms with Crippen molar-refractivity contribution in [2.45, 2.75) is 25.4 Å². The number of furan rings is 1. The fourth-order valence-electron chi connectivity index (χ4n) is 2.91. The zero-order chi connectivity index (χ0) is 20.1. The molecule has 1 heterocycles. The van der Waals surface area contributed by atoms with Crippen molar-refractivity contribution in [3.8, 4) is 0 Å². The fourth-order valence-corrected chi connectivity index (χ4v) is 2.91. The topological polar surface area (TPSA) is 98.1 Å². The van der Waals surface area contributed by atoms with Gasteiger partial charge in [0.2, 0.25) is 5.91 Å². The van der Waals surface area contributed by atoms with Gasteiger partial charge in [0.25, 0.3) is 0 Å². The van der Waals surface area contributed by atoms with Crippen molar-refractivity contribution in [2.75, 3.05) is 26.1 Å². The Bertz CT molecular complexity index is 823. The highest BCUT2D eigenvalue weighted by atomic mass is 16.5. The zero-order valence-electron chi connectivity index (χ0n) is 15.8. The van der Waals surface area contributed by atoms with E-state index in [2.05, 4.69) is 5.32 Å². The molecule has 1 aliphatic carbocycles. The lowest BCUT2D eigenvalue weighted by Gasteiger charge is -2.20. The Balaban J connectivity index is 1.72. The Hall–Kier alpha value is -3.13. The van der Waals surface area contributed by atoms with Crippen LogP contribution in [0.4, 0.5) is 5.69 Å². The summed E-state index contributed by atoms with van der Waals surface area (Å²) in [5.41, 5.74) is 0.618. The van der Waals surface area contributed by atoms with Crippen LogP contribution in [0, 0.1) is 0 Å². The first kappa shape index (κ1) is 19.6. The molecule has 1 aromatic heterocycles. The van der Waals surface area contributed by atoms with Crippen molar-refractivity contribution < 1.29 is 28.3 Å². The van der Waals surface area contributed by atoms with Gasteiger partial charge in [-0.25, -0.2) is 9.59 Å². The van der Waals surface area contributed by atoms with Gasteiger partial charge in [-0.1, -0.05) is 0 Å². The van der Waals surface area contributed by atoms with E-state index >= 15 is 0 Å². The van der Waals surface area contributed by atoms with Crippen LogP contribution in [-0.4, -0.2) is 49.6 Å². The van der Waals surface area contributed by atoms with Crippen LogP contribution in [0.5, 0.6) is 0 Å². The zero-order valence-corrected chi connectivity index (χ0v) is 15.8. The molecule has 0 radical (unpaired) electrons. The predicted molar refractivity (Wildman–Crippen MR) is 99.9 cm³/mol. The molecule has 0 saturated heterocycles. The van der Waals surface area contributed by atoms with E-state index in [9.17, 15) is 14.4 Å². The molecule has 1 fully saturated rings. The minimum Gasteiger partial charge on any atom is -0.468 e. The van der Waals surface area contributed by atoms with Gasteiger partial charge in [0.15, 0.2) is 0 Å². The van der Waals surface area contributed by atoms with Gasteiger partial charge in [-0.2, -0.15) is 0 Å². The highest BCUT2D eigenvalue weighted by Crippen LogP contribution is 2.28. The first-order valence-electron chi connectivity index (χ1n) is 8.88. The molecule has 0 atom stereocenters. The van der Waals surface area contributed by atoms with Crippen LogP contribution in [0.2, 0.25) is 0 Å². The lowest BCUT2D eigenvalue weighted by atomic mass is 10.1. The van der Waals surface area contributed by atoms with E-state index in [4.69, 9.17) is 13.9 Å². The summed E-state index contributed by atoms with van der Waals surface area (Å²) in [5, 5.41) is 2.75. The van der Waals surface area contributed by atoms with E-state index < -0.39 is 11.9 Å². The summed E-state index contributed by atoms with van der Waals surface area (Å²) in [5.74, 6) is -0.686. The summed E-state index contributed by atoms with van der Waals surface area (Å²) in [4.78, 5) is 38.3. The largest absolute Gasteiger partial charge is 0.468 e. The van der Waals surface area contributed by atoms with Gasteiger partial charge < -0.3 is 19.2 Å². The normalized spacial score (nSPS) is 13.2. The number of rotatable bonds is 8. The summed E-state index contributed by atoms with van der Waals surface area (Å²) < 4.78 is 14.8. The summed E-state index contributed by atoms with van der Waals surface area (Å²) in [7, 11) is 2.49. The molecular formula is C20H22N2O6. The summed E-state index contributed by atoms with van der Waals surface area (Å²) in [6.07, 6.45) is 3.68. The first-order chi connectivity index (χ1) is 13.5. The summed E-state index contributed by atoms with van der Waals surface area (Å²) >= 11 is 0. The molecule has 0 unspecified atom stereocenters. The number of benzene rings is 1. The summed E-state index contributed by atoms with van der Waals surface area (Å²) in [6.45, 7) is 0.710. The number of nitrogens with one attached hydrogen (secondary N) is 1. The molecule has 1 aliphatic rings. The molecule has 3 rings (SSSR count). The first-order valence-corrected chi connectivity index (χ1v) is 8.88. The molecule has 2 aromatic rings. The molecule has 0 bridgehead atoms. The number of carbonyl (C=O) groups excluding carboxylic acids is 3. The minimum absolute atomic E-state index is 0.148. The Kier molecular flexibility index (Phi) is 6.10. The van der Waals surface area contributed by atoms with Crippen molar-refractivity contribution in [1.29, 1.82) is 0 Å². The van der Waals surface area contributed by atoms with Crippen LogP contribution in [-0.2, 0) is 20.8 Å². The molecule has 28 heavy (non-hydrogen) atoms. The molecule has 1 amide bonds. The van der Waals surface area contributed by atoms with Crippen molar-refractivity contribution in [1.82, 2.24) is 4.90 Å². The number of amides is 1. The Labute approximate surface area is 162 Å². The molecule has 148 valence electrons. The number of hydrogen-bond donors (Lipinski definition) is 1. The molecule has 0 aliphatic heterocycles. The van der Waals surface area contributed by atoms with Crippen LogP contribution in [0.25, 0.3) is 0 Å². The van der Waals surface area contributed by atoms with Crippen molar-refractivity contribution in [3.63, 3.8) is 0 Å². The number of methoxy groups -OCH3 is 2. The van der Waals surface area contributed by atoms with E-state index in [1.165, 1.54) is 32.4 Å². The van der Waals surface area contributed by atoms with E-state index in [-0.39, 0.29) is 23.6 Å². The third-order valence-electron chi connectivity index (χ3n) is 4.41. The number of anilines is 1. The lowest BCUT2D eigenvalue weighted by Crippen LogP contribution is -2.34. The monoisotopic (exact) mass is 386 g/mol. The highest BCUT2D eigenvalue weighted by Gasteiger charge is 2.31. The molecular weight excluding hydrogens is 364 g/mol. The van der Waals surface area contributed by atoms with Gasteiger partial charge >= 0.3 is 11.9 Å². The second kappa shape index (κ2) is 8.71. The maximum absolute atomic E-state index is 12.6. The third kappa shape index (κ3) is 4.98. The predicted octanol–water partition coefficient (Wildman–Crippen LogP) is 2.46. The van der Waals surface area contributed by atoms with Gasteiger partial charge in [0.05, 0.1) is 44.7 Å². The van der Waals surface area contributed by atoms with E-state index in [0.29, 0.717) is 18.3 Å². The molecule has 1 aromatic carbocycles. The number of carbonyl (C=O) groups is 3.